The molecular weight excluding hydrogens is 210 g/mol. The molecule has 1 atom stereocenters. The minimum atomic E-state index is 0.160. The number of aryl methyl sites for hydroxylation is 2. The molecule has 1 saturated heterocycles. The van der Waals surface area contributed by atoms with Crippen molar-refractivity contribution in [1.29, 1.82) is 0 Å². The molecule has 0 spiro atoms. The minimum Gasteiger partial charge on any atom is -0.359 e. The van der Waals surface area contributed by atoms with Crippen LogP contribution >= 0.6 is 11.3 Å². The molecule has 0 radical (unpaired) electrons. The molecule has 1 aromatic heterocycles. The van der Waals surface area contributed by atoms with Gasteiger partial charge >= 0.3 is 0 Å². The smallest absolute Gasteiger partial charge is 0.220 e. The predicted octanol–water partition coefficient (Wildman–Crippen LogP) is 1.45. The van der Waals surface area contributed by atoms with Crippen LogP contribution in [0.1, 0.15) is 23.4 Å². The Hall–Kier alpha value is -1.10. The summed E-state index contributed by atoms with van der Waals surface area (Å²) in [6.07, 6.45) is 1.58. The summed E-state index contributed by atoms with van der Waals surface area (Å²) in [5, 5.41) is 7.13. The van der Waals surface area contributed by atoms with Crippen molar-refractivity contribution in [2.24, 2.45) is 0 Å². The predicted molar refractivity (Wildman–Crippen MR) is 61.2 cm³/mol. The first-order valence-electron chi connectivity index (χ1n) is 5.12. The Balaban J connectivity index is 1.85. The average molecular weight is 225 g/mol. The molecule has 5 heteroatoms. The quantitative estimate of drug-likeness (QED) is 0.818. The van der Waals surface area contributed by atoms with E-state index < -0.39 is 0 Å². The maximum absolute atomic E-state index is 11.0. The zero-order chi connectivity index (χ0) is 10.8. The molecule has 0 aliphatic carbocycles. The van der Waals surface area contributed by atoms with Crippen LogP contribution in [0.15, 0.2) is 0 Å². The molecule has 4 nitrogen and oxygen atoms in total. The molecule has 1 aliphatic rings. The van der Waals surface area contributed by atoms with Crippen molar-refractivity contribution in [3.63, 3.8) is 0 Å². The fourth-order valence-electron chi connectivity index (χ4n) is 1.59. The van der Waals surface area contributed by atoms with Gasteiger partial charge in [-0.15, -0.1) is 11.3 Å². The van der Waals surface area contributed by atoms with Crippen molar-refractivity contribution < 1.29 is 4.79 Å². The van der Waals surface area contributed by atoms with Crippen LogP contribution in [0.25, 0.3) is 0 Å². The number of anilines is 1. The van der Waals surface area contributed by atoms with Gasteiger partial charge in [0, 0.05) is 23.9 Å². The van der Waals surface area contributed by atoms with Crippen molar-refractivity contribution in [1.82, 2.24) is 10.3 Å². The summed E-state index contributed by atoms with van der Waals surface area (Å²) in [7, 11) is 0. The second kappa shape index (κ2) is 4.18. The Morgan fingerprint density at radius 3 is 2.93 bits per heavy atom. The zero-order valence-electron chi connectivity index (χ0n) is 8.96. The first-order chi connectivity index (χ1) is 7.15. The van der Waals surface area contributed by atoms with Gasteiger partial charge in [-0.05, 0) is 20.3 Å². The van der Waals surface area contributed by atoms with Crippen LogP contribution in [0.5, 0.6) is 0 Å². The first kappa shape index (κ1) is 10.4. The molecule has 1 amide bonds. The van der Waals surface area contributed by atoms with Gasteiger partial charge in [0.15, 0.2) is 5.13 Å². The van der Waals surface area contributed by atoms with Gasteiger partial charge in [-0.25, -0.2) is 4.98 Å². The van der Waals surface area contributed by atoms with Crippen LogP contribution < -0.4 is 10.6 Å². The van der Waals surface area contributed by atoms with E-state index in [1.54, 1.807) is 11.3 Å². The van der Waals surface area contributed by atoms with Gasteiger partial charge in [0.05, 0.1) is 5.69 Å². The maximum Gasteiger partial charge on any atom is 0.220 e. The van der Waals surface area contributed by atoms with E-state index in [0.29, 0.717) is 6.42 Å². The van der Waals surface area contributed by atoms with Crippen molar-refractivity contribution in [2.75, 3.05) is 11.9 Å². The monoisotopic (exact) mass is 225 g/mol. The zero-order valence-corrected chi connectivity index (χ0v) is 9.78. The lowest BCUT2D eigenvalue weighted by Crippen LogP contribution is -2.31. The molecule has 0 saturated carbocycles. The number of nitrogens with one attached hydrogen (secondary N) is 2. The van der Waals surface area contributed by atoms with Crippen molar-refractivity contribution >= 4 is 22.4 Å². The van der Waals surface area contributed by atoms with E-state index in [4.69, 9.17) is 0 Å². The summed E-state index contributed by atoms with van der Waals surface area (Å²) < 4.78 is 0. The Morgan fingerprint density at radius 1 is 1.60 bits per heavy atom. The lowest BCUT2D eigenvalue weighted by molar-refractivity contribution is -0.119. The highest BCUT2D eigenvalue weighted by molar-refractivity contribution is 7.15. The van der Waals surface area contributed by atoms with Crippen LogP contribution in [0.2, 0.25) is 0 Å². The van der Waals surface area contributed by atoms with Gasteiger partial charge in [0.1, 0.15) is 0 Å². The number of carbonyl (C=O) groups excluding carboxylic acids is 1. The molecule has 2 rings (SSSR count). The first-order valence-corrected chi connectivity index (χ1v) is 5.94. The fourth-order valence-corrected chi connectivity index (χ4v) is 2.41. The van der Waals surface area contributed by atoms with Gasteiger partial charge < -0.3 is 10.6 Å². The summed E-state index contributed by atoms with van der Waals surface area (Å²) in [6, 6.07) is 0.266. The maximum atomic E-state index is 11.0. The SMILES string of the molecule is Cc1nc(NCC2CCC(=O)N2)sc1C. The van der Waals surface area contributed by atoms with Gasteiger partial charge in [-0.2, -0.15) is 0 Å². The van der Waals surface area contributed by atoms with Crippen molar-refractivity contribution in [3.8, 4) is 0 Å². The largest absolute Gasteiger partial charge is 0.359 e. The molecule has 2 N–H and O–H groups in total. The third kappa shape index (κ3) is 2.47. The Kier molecular flexibility index (Phi) is 2.90. The number of thiazole rings is 1. The molecule has 1 aliphatic heterocycles. The molecule has 82 valence electrons. The lowest BCUT2D eigenvalue weighted by atomic mass is 10.2. The molecule has 1 fully saturated rings. The van der Waals surface area contributed by atoms with E-state index in [0.717, 1.165) is 23.8 Å². The van der Waals surface area contributed by atoms with E-state index in [-0.39, 0.29) is 11.9 Å². The van der Waals surface area contributed by atoms with E-state index in [9.17, 15) is 4.79 Å². The lowest BCUT2D eigenvalue weighted by Gasteiger charge is -2.09. The van der Waals surface area contributed by atoms with E-state index >= 15 is 0 Å². The van der Waals surface area contributed by atoms with Crippen LogP contribution in [-0.4, -0.2) is 23.5 Å². The third-order valence-electron chi connectivity index (χ3n) is 2.61. The summed E-state index contributed by atoms with van der Waals surface area (Å²) in [5.74, 6) is 0.160. The molecule has 0 aromatic carbocycles. The van der Waals surface area contributed by atoms with E-state index in [2.05, 4.69) is 22.5 Å². The van der Waals surface area contributed by atoms with Crippen LogP contribution in [0, 0.1) is 13.8 Å². The Morgan fingerprint density at radius 2 is 2.40 bits per heavy atom. The van der Waals surface area contributed by atoms with Crippen molar-refractivity contribution in [3.05, 3.63) is 10.6 Å². The van der Waals surface area contributed by atoms with Crippen LogP contribution in [0.3, 0.4) is 0 Å². The van der Waals surface area contributed by atoms with Crippen LogP contribution in [-0.2, 0) is 4.79 Å². The Labute approximate surface area is 93.1 Å². The molecule has 1 unspecified atom stereocenters. The summed E-state index contributed by atoms with van der Waals surface area (Å²) in [4.78, 5) is 16.6. The van der Waals surface area contributed by atoms with Gasteiger partial charge in [-0.1, -0.05) is 0 Å². The summed E-state index contributed by atoms with van der Waals surface area (Å²) >= 11 is 1.66. The number of amides is 1. The molecule has 0 bridgehead atoms. The molecule has 15 heavy (non-hydrogen) atoms. The highest BCUT2D eigenvalue weighted by Crippen LogP contribution is 2.21. The van der Waals surface area contributed by atoms with Crippen molar-refractivity contribution in [2.45, 2.75) is 32.7 Å². The van der Waals surface area contributed by atoms with Crippen LogP contribution in [0.4, 0.5) is 5.13 Å². The highest BCUT2D eigenvalue weighted by atomic mass is 32.1. The molecule has 2 heterocycles. The second-order valence-electron chi connectivity index (χ2n) is 3.84. The molecule has 1 aromatic rings. The summed E-state index contributed by atoms with van der Waals surface area (Å²) in [5.41, 5.74) is 1.08. The number of nitrogens with zero attached hydrogens (tertiary/aromatic N) is 1. The summed E-state index contributed by atoms with van der Waals surface area (Å²) in [6.45, 7) is 4.85. The fraction of sp³-hybridized carbons (Fsp3) is 0.600. The minimum absolute atomic E-state index is 0.160. The number of carbonyl (C=O) groups is 1. The topological polar surface area (TPSA) is 54.0 Å². The highest BCUT2D eigenvalue weighted by Gasteiger charge is 2.20. The standard InChI is InChI=1S/C10H15N3OS/c1-6-7(2)15-10(12-6)11-5-8-3-4-9(14)13-8/h8H,3-5H2,1-2H3,(H,11,12)(H,13,14). The van der Waals surface area contributed by atoms with Gasteiger partial charge in [-0.3, -0.25) is 4.79 Å². The second-order valence-corrected chi connectivity index (χ2v) is 5.05. The average Bonchev–Trinajstić information content (AvgIpc) is 2.72. The number of rotatable bonds is 3. The third-order valence-corrected chi connectivity index (χ3v) is 3.64. The van der Waals surface area contributed by atoms with E-state index in [1.807, 2.05) is 6.92 Å². The Bertz CT molecular complexity index is 355. The van der Waals surface area contributed by atoms with Gasteiger partial charge in [0.2, 0.25) is 5.91 Å². The number of hydrogen-bond acceptors (Lipinski definition) is 4. The van der Waals surface area contributed by atoms with E-state index in [1.165, 1.54) is 4.88 Å². The van der Waals surface area contributed by atoms with Gasteiger partial charge in [0.25, 0.3) is 0 Å². The molecular formula is C10H15N3OS. The number of hydrogen-bond donors (Lipinski definition) is 2. The normalized spacial score (nSPS) is 20.4. The number of aromatic nitrogens is 1.